The molecule has 2 heterocycles. The fraction of sp³-hybridized carbons (Fsp3) is 0.471. The summed E-state index contributed by atoms with van der Waals surface area (Å²) in [7, 11) is 3.58. The minimum Gasteiger partial charge on any atom is -0.504 e. The fourth-order valence-corrected chi connectivity index (χ4v) is 4.11. The zero-order valence-electron chi connectivity index (χ0n) is 12.7. The van der Waals surface area contributed by atoms with Crippen LogP contribution in [0.3, 0.4) is 0 Å². The van der Waals surface area contributed by atoms with Crippen molar-refractivity contribution >= 4 is 5.97 Å². The normalized spacial score (nSPS) is 30.0. The predicted octanol–water partition coefficient (Wildman–Crippen LogP) is 2.06. The maximum absolute atomic E-state index is 12.3. The Hall–Kier alpha value is -2.01. The summed E-state index contributed by atoms with van der Waals surface area (Å²) in [5, 5.41) is 10.1. The van der Waals surface area contributed by atoms with Crippen molar-refractivity contribution in [2.24, 2.45) is 0 Å². The molecule has 3 atom stereocenters. The van der Waals surface area contributed by atoms with Crippen LogP contribution in [0, 0.1) is 0 Å². The molecule has 0 saturated carbocycles. The van der Waals surface area contributed by atoms with Crippen molar-refractivity contribution in [1.29, 1.82) is 0 Å². The second kappa shape index (κ2) is 4.74. The first-order valence-corrected chi connectivity index (χ1v) is 7.61. The molecule has 0 aromatic heterocycles. The van der Waals surface area contributed by atoms with E-state index in [2.05, 4.69) is 18.0 Å². The number of phenolic OH excluding ortho intramolecular Hbond substituents is 1. The van der Waals surface area contributed by atoms with Crippen molar-refractivity contribution < 1.29 is 19.4 Å². The monoisotopic (exact) mass is 301 g/mol. The summed E-state index contributed by atoms with van der Waals surface area (Å²) < 4.78 is 10.8. The number of carbonyl (C=O) groups excluding carboxylic acids is 1. The number of likely N-dealkylation sites (tertiary alicyclic amines) is 1. The number of aromatic hydroxyl groups is 1. The smallest absolute Gasteiger partial charge is 0.338 e. The SMILES string of the molecule is COc1cc2c(cc1O)C1C(CC=C3CCN(C)C31)OC2=O. The topological polar surface area (TPSA) is 59.0 Å². The molecule has 1 aliphatic carbocycles. The van der Waals surface area contributed by atoms with Gasteiger partial charge >= 0.3 is 5.97 Å². The van der Waals surface area contributed by atoms with Crippen molar-refractivity contribution in [2.75, 3.05) is 20.7 Å². The number of benzene rings is 1. The summed E-state index contributed by atoms with van der Waals surface area (Å²) >= 11 is 0. The van der Waals surface area contributed by atoms with Gasteiger partial charge in [-0.2, -0.15) is 0 Å². The van der Waals surface area contributed by atoms with E-state index in [-0.39, 0.29) is 29.8 Å². The lowest BCUT2D eigenvalue weighted by molar-refractivity contribution is 0.00908. The Labute approximate surface area is 129 Å². The molecule has 2 aliphatic heterocycles. The van der Waals surface area contributed by atoms with Gasteiger partial charge in [0.2, 0.25) is 0 Å². The lowest BCUT2D eigenvalue weighted by Crippen LogP contribution is -2.45. The largest absolute Gasteiger partial charge is 0.504 e. The van der Waals surface area contributed by atoms with E-state index >= 15 is 0 Å². The summed E-state index contributed by atoms with van der Waals surface area (Å²) in [6, 6.07) is 3.52. The van der Waals surface area contributed by atoms with Gasteiger partial charge in [-0.1, -0.05) is 11.6 Å². The van der Waals surface area contributed by atoms with Gasteiger partial charge in [0, 0.05) is 24.9 Å². The van der Waals surface area contributed by atoms with Gasteiger partial charge < -0.3 is 14.6 Å². The highest BCUT2D eigenvalue weighted by molar-refractivity contribution is 5.94. The van der Waals surface area contributed by atoms with Crippen molar-refractivity contribution in [3.63, 3.8) is 0 Å². The van der Waals surface area contributed by atoms with Crippen LogP contribution >= 0.6 is 0 Å². The van der Waals surface area contributed by atoms with E-state index in [1.54, 1.807) is 12.1 Å². The van der Waals surface area contributed by atoms with Gasteiger partial charge in [-0.15, -0.1) is 0 Å². The lowest BCUT2D eigenvalue weighted by Gasteiger charge is -2.41. The molecule has 1 aromatic rings. The Morgan fingerprint density at radius 3 is 3.00 bits per heavy atom. The predicted molar refractivity (Wildman–Crippen MR) is 80.3 cm³/mol. The quantitative estimate of drug-likeness (QED) is 0.635. The molecule has 1 N–H and O–H groups in total. The zero-order chi connectivity index (χ0) is 15.4. The van der Waals surface area contributed by atoms with Crippen molar-refractivity contribution in [2.45, 2.75) is 30.9 Å². The molecule has 22 heavy (non-hydrogen) atoms. The van der Waals surface area contributed by atoms with Crippen LogP contribution < -0.4 is 4.74 Å². The van der Waals surface area contributed by atoms with Crippen LogP contribution in [-0.4, -0.2) is 48.8 Å². The maximum atomic E-state index is 12.3. The second-order valence-electron chi connectivity index (χ2n) is 6.27. The molecular formula is C17H19NO4. The molecule has 5 heteroatoms. The number of methoxy groups -OCH3 is 1. The van der Waals surface area contributed by atoms with E-state index in [0.29, 0.717) is 11.3 Å². The van der Waals surface area contributed by atoms with Crippen LogP contribution in [0.15, 0.2) is 23.8 Å². The highest BCUT2D eigenvalue weighted by Crippen LogP contribution is 2.47. The van der Waals surface area contributed by atoms with Gasteiger partial charge in [0.15, 0.2) is 11.5 Å². The number of carbonyl (C=O) groups is 1. The van der Waals surface area contributed by atoms with Crippen LogP contribution in [0.2, 0.25) is 0 Å². The third kappa shape index (κ3) is 1.78. The first-order chi connectivity index (χ1) is 10.6. The molecule has 1 fully saturated rings. The number of hydrogen-bond acceptors (Lipinski definition) is 5. The molecular weight excluding hydrogens is 282 g/mol. The number of rotatable bonds is 1. The zero-order valence-corrected chi connectivity index (χ0v) is 12.7. The Bertz CT molecular complexity index is 681. The Morgan fingerprint density at radius 1 is 1.41 bits per heavy atom. The van der Waals surface area contributed by atoms with Crippen LogP contribution in [0.25, 0.3) is 0 Å². The molecule has 0 bridgehead atoms. The molecule has 4 rings (SSSR count). The van der Waals surface area contributed by atoms with Gasteiger partial charge in [0.25, 0.3) is 0 Å². The number of fused-ring (bicyclic) bond motifs is 5. The molecule has 116 valence electrons. The first kappa shape index (κ1) is 13.6. The van der Waals surface area contributed by atoms with E-state index in [1.807, 2.05) is 0 Å². The first-order valence-electron chi connectivity index (χ1n) is 7.61. The molecule has 0 radical (unpaired) electrons. The summed E-state index contributed by atoms with van der Waals surface area (Å²) in [5.41, 5.74) is 2.81. The maximum Gasteiger partial charge on any atom is 0.338 e. The summed E-state index contributed by atoms with van der Waals surface area (Å²) in [4.78, 5) is 14.6. The van der Waals surface area contributed by atoms with E-state index < -0.39 is 0 Å². The minimum atomic E-state index is -0.327. The van der Waals surface area contributed by atoms with E-state index in [4.69, 9.17) is 9.47 Å². The van der Waals surface area contributed by atoms with Crippen LogP contribution in [0.1, 0.15) is 34.7 Å². The van der Waals surface area contributed by atoms with Gasteiger partial charge in [0.05, 0.1) is 12.7 Å². The van der Waals surface area contributed by atoms with Gasteiger partial charge in [-0.05, 0) is 31.2 Å². The molecule has 1 saturated heterocycles. The van der Waals surface area contributed by atoms with Gasteiger partial charge in [0.1, 0.15) is 6.10 Å². The molecule has 1 aromatic carbocycles. The van der Waals surface area contributed by atoms with Crippen molar-refractivity contribution in [3.8, 4) is 11.5 Å². The molecule has 0 spiro atoms. The van der Waals surface area contributed by atoms with E-state index in [1.165, 1.54) is 12.7 Å². The van der Waals surface area contributed by atoms with Crippen LogP contribution in [0.4, 0.5) is 0 Å². The van der Waals surface area contributed by atoms with E-state index in [9.17, 15) is 9.90 Å². The highest BCUT2D eigenvalue weighted by atomic mass is 16.5. The van der Waals surface area contributed by atoms with Crippen molar-refractivity contribution in [1.82, 2.24) is 4.90 Å². The fourth-order valence-electron chi connectivity index (χ4n) is 4.11. The Balaban J connectivity index is 1.87. The number of ether oxygens (including phenoxy) is 2. The number of esters is 1. The average Bonchev–Trinajstić information content (AvgIpc) is 2.88. The lowest BCUT2D eigenvalue weighted by atomic mass is 9.75. The standard InChI is InChI=1S/C17H19NO4/c1-18-6-5-9-3-4-13-15(16(9)18)10-7-12(19)14(21-2)8-11(10)17(20)22-13/h3,7-8,13,15-16,19H,4-6H2,1-2H3. The van der Waals surface area contributed by atoms with Crippen molar-refractivity contribution in [3.05, 3.63) is 34.9 Å². The highest BCUT2D eigenvalue weighted by Gasteiger charge is 2.47. The summed E-state index contributed by atoms with van der Waals surface area (Å²) in [6.45, 7) is 1.02. The van der Waals surface area contributed by atoms with Crippen LogP contribution in [0.5, 0.6) is 11.5 Å². The Kier molecular flexibility index (Phi) is 2.94. The molecule has 3 aliphatic rings. The third-order valence-corrected chi connectivity index (χ3v) is 5.15. The van der Waals surface area contributed by atoms with Crippen LogP contribution in [-0.2, 0) is 4.74 Å². The summed E-state index contributed by atoms with van der Waals surface area (Å²) in [5.74, 6) is 0.135. The average molecular weight is 301 g/mol. The second-order valence-corrected chi connectivity index (χ2v) is 6.27. The number of likely N-dealkylation sites (N-methyl/N-ethyl adjacent to an activating group) is 1. The third-order valence-electron chi connectivity index (χ3n) is 5.15. The number of phenols is 1. The molecule has 0 amide bonds. The summed E-state index contributed by atoms with van der Waals surface area (Å²) in [6.07, 6.45) is 3.89. The molecule has 3 unspecified atom stereocenters. The van der Waals surface area contributed by atoms with E-state index in [0.717, 1.165) is 24.9 Å². The van der Waals surface area contributed by atoms with Gasteiger partial charge in [-0.3, -0.25) is 4.90 Å². The molecule has 5 nitrogen and oxygen atoms in total. The Morgan fingerprint density at radius 2 is 2.23 bits per heavy atom. The van der Waals surface area contributed by atoms with Gasteiger partial charge in [-0.25, -0.2) is 4.79 Å². The number of hydrogen-bond donors (Lipinski definition) is 1. The minimum absolute atomic E-state index is 0.0754. The number of nitrogens with zero attached hydrogens (tertiary/aromatic N) is 1.